The number of fused-ring (bicyclic) bond motifs is 1. The van der Waals surface area contributed by atoms with E-state index in [1.165, 1.54) is 44.2 Å². The van der Waals surface area contributed by atoms with Crippen molar-refractivity contribution in [3.8, 4) is 5.75 Å². The Hall–Kier alpha value is -3.15. The molecule has 1 aromatic heterocycles. The summed E-state index contributed by atoms with van der Waals surface area (Å²) in [5.74, 6) is 0.601. The van der Waals surface area contributed by atoms with Crippen molar-refractivity contribution in [3.05, 3.63) is 75.8 Å². The number of hydrogen-bond acceptors (Lipinski definition) is 3. The molecule has 0 spiro atoms. The summed E-state index contributed by atoms with van der Waals surface area (Å²) in [6, 6.07) is 13.3. The van der Waals surface area contributed by atoms with Gasteiger partial charge in [-0.2, -0.15) is 0 Å². The SMILES string of the molecule is Cc1cc(=O)n(Cc2cccc(F)c2)c2cc(OCC(=O)NCC3CCCCC3)ccc12. The number of ether oxygens (including phenoxy) is 1. The number of aryl methyl sites for hydroxylation is 1. The standard InChI is InChI=1S/C26H29FN2O3/c1-18-12-26(31)29(16-20-8-5-9-21(27)13-20)24-14-22(10-11-23(18)24)32-17-25(30)28-15-19-6-3-2-4-7-19/h5,8-14,19H,2-4,6-7,15-17H2,1H3,(H,28,30). The van der Waals surface area contributed by atoms with Gasteiger partial charge in [0.15, 0.2) is 6.61 Å². The number of halogens is 1. The van der Waals surface area contributed by atoms with E-state index < -0.39 is 0 Å². The first-order valence-corrected chi connectivity index (χ1v) is 11.3. The number of aromatic nitrogens is 1. The van der Waals surface area contributed by atoms with Crippen LogP contribution in [0.4, 0.5) is 4.39 Å². The summed E-state index contributed by atoms with van der Waals surface area (Å²) < 4.78 is 21.0. The Bertz CT molecular complexity index is 1170. The molecular formula is C26H29FN2O3. The molecule has 1 aliphatic rings. The lowest BCUT2D eigenvalue weighted by atomic mass is 9.89. The number of carbonyl (C=O) groups is 1. The topological polar surface area (TPSA) is 60.3 Å². The second kappa shape index (κ2) is 9.98. The maximum atomic E-state index is 13.6. The Balaban J connectivity index is 1.49. The zero-order valence-electron chi connectivity index (χ0n) is 18.4. The smallest absolute Gasteiger partial charge is 0.257 e. The highest BCUT2D eigenvalue weighted by Crippen LogP contribution is 2.24. The van der Waals surface area contributed by atoms with Crippen molar-refractivity contribution in [2.24, 2.45) is 5.92 Å². The van der Waals surface area contributed by atoms with Gasteiger partial charge >= 0.3 is 0 Å². The Labute approximate surface area is 187 Å². The van der Waals surface area contributed by atoms with Crippen molar-refractivity contribution in [2.75, 3.05) is 13.2 Å². The third-order valence-corrected chi connectivity index (χ3v) is 6.20. The molecule has 0 bridgehead atoms. The Morgan fingerprint density at radius 2 is 1.94 bits per heavy atom. The molecule has 6 heteroatoms. The number of amides is 1. The lowest BCUT2D eigenvalue weighted by Gasteiger charge is -2.21. The highest BCUT2D eigenvalue weighted by atomic mass is 19.1. The van der Waals surface area contributed by atoms with E-state index in [1.54, 1.807) is 34.9 Å². The van der Waals surface area contributed by atoms with Crippen LogP contribution in [0.25, 0.3) is 10.9 Å². The number of nitrogens with zero attached hydrogens (tertiary/aromatic N) is 1. The van der Waals surface area contributed by atoms with Crippen LogP contribution in [-0.2, 0) is 11.3 Å². The maximum Gasteiger partial charge on any atom is 0.257 e. The predicted octanol–water partition coefficient (Wildman–Crippen LogP) is 4.57. The third kappa shape index (κ3) is 5.36. The summed E-state index contributed by atoms with van der Waals surface area (Å²) in [6.07, 6.45) is 6.12. The molecule has 1 aliphatic carbocycles. The van der Waals surface area contributed by atoms with Crippen LogP contribution in [0.1, 0.15) is 43.2 Å². The molecule has 1 N–H and O–H groups in total. The van der Waals surface area contributed by atoms with Gasteiger partial charge in [-0.1, -0.05) is 31.4 Å². The third-order valence-electron chi connectivity index (χ3n) is 6.20. The van der Waals surface area contributed by atoms with E-state index in [-0.39, 0.29) is 30.4 Å². The molecule has 1 fully saturated rings. The molecule has 0 saturated heterocycles. The monoisotopic (exact) mass is 436 g/mol. The largest absolute Gasteiger partial charge is 0.484 e. The summed E-state index contributed by atoms with van der Waals surface area (Å²) in [7, 11) is 0. The van der Waals surface area contributed by atoms with Crippen molar-refractivity contribution in [2.45, 2.75) is 45.6 Å². The molecule has 1 saturated carbocycles. The second-order valence-electron chi connectivity index (χ2n) is 8.66. The van der Waals surface area contributed by atoms with Gasteiger partial charge in [0, 0.05) is 24.1 Å². The highest BCUT2D eigenvalue weighted by Gasteiger charge is 2.15. The van der Waals surface area contributed by atoms with Crippen LogP contribution in [0, 0.1) is 18.7 Å². The fourth-order valence-corrected chi connectivity index (χ4v) is 4.45. The summed E-state index contributed by atoms with van der Waals surface area (Å²) in [6.45, 7) is 2.76. The zero-order chi connectivity index (χ0) is 22.5. The minimum absolute atomic E-state index is 0.0713. The van der Waals surface area contributed by atoms with Gasteiger partial charge in [-0.25, -0.2) is 4.39 Å². The number of carbonyl (C=O) groups excluding carboxylic acids is 1. The van der Waals surface area contributed by atoms with Gasteiger partial charge in [0.1, 0.15) is 11.6 Å². The minimum atomic E-state index is -0.338. The number of hydrogen-bond donors (Lipinski definition) is 1. The van der Waals surface area contributed by atoms with E-state index in [0.717, 1.165) is 10.9 Å². The maximum absolute atomic E-state index is 13.6. The highest BCUT2D eigenvalue weighted by molar-refractivity contribution is 5.84. The molecule has 0 unspecified atom stereocenters. The van der Waals surface area contributed by atoms with Crippen LogP contribution in [-0.4, -0.2) is 23.6 Å². The van der Waals surface area contributed by atoms with Gasteiger partial charge in [-0.05, 0) is 61.1 Å². The molecule has 2 aromatic carbocycles. The number of nitrogens with one attached hydrogen (secondary N) is 1. The van der Waals surface area contributed by atoms with Gasteiger partial charge < -0.3 is 14.6 Å². The molecule has 4 rings (SSSR count). The molecule has 0 radical (unpaired) electrons. The normalized spacial score (nSPS) is 14.4. The van der Waals surface area contributed by atoms with Crippen LogP contribution >= 0.6 is 0 Å². The second-order valence-corrected chi connectivity index (χ2v) is 8.66. The van der Waals surface area contributed by atoms with Gasteiger partial charge in [0.05, 0.1) is 12.1 Å². The lowest BCUT2D eigenvalue weighted by Crippen LogP contribution is -2.33. The fourth-order valence-electron chi connectivity index (χ4n) is 4.45. The first kappa shape index (κ1) is 22.1. The summed E-state index contributed by atoms with van der Waals surface area (Å²) >= 11 is 0. The Morgan fingerprint density at radius 1 is 1.12 bits per heavy atom. The van der Waals surface area contributed by atoms with E-state index in [1.807, 2.05) is 13.0 Å². The molecule has 0 aliphatic heterocycles. The molecule has 32 heavy (non-hydrogen) atoms. The van der Waals surface area contributed by atoms with Crippen LogP contribution in [0.5, 0.6) is 5.75 Å². The number of rotatable bonds is 7. The van der Waals surface area contributed by atoms with Gasteiger partial charge in [-0.3, -0.25) is 9.59 Å². The van der Waals surface area contributed by atoms with Crippen LogP contribution in [0.3, 0.4) is 0 Å². The molecular weight excluding hydrogens is 407 g/mol. The van der Waals surface area contributed by atoms with E-state index in [4.69, 9.17) is 4.74 Å². The van der Waals surface area contributed by atoms with Gasteiger partial charge in [-0.15, -0.1) is 0 Å². The van der Waals surface area contributed by atoms with Crippen molar-refractivity contribution in [1.29, 1.82) is 0 Å². The van der Waals surface area contributed by atoms with Crippen LogP contribution in [0.15, 0.2) is 53.3 Å². The molecule has 1 heterocycles. The molecule has 1 amide bonds. The number of benzene rings is 2. The van der Waals surface area contributed by atoms with E-state index in [0.29, 0.717) is 29.3 Å². The first-order chi connectivity index (χ1) is 15.5. The van der Waals surface area contributed by atoms with Crippen molar-refractivity contribution < 1.29 is 13.9 Å². The minimum Gasteiger partial charge on any atom is -0.484 e. The van der Waals surface area contributed by atoms with E-state index in [9.17, 15) is 14.0 Å². The average Bonchev–Trinajstić information content (AvgIpc) is 2.79. The number of pyridine rings is 1. The van der Waals surface area contributed by atoms with Crippen molar-refractivity contribution >= 4 is 16.8 Å². The Morgan fingerprint density at radius 3 is 2.72 bits per heavy atom. The van der Waals surface area contributed by atoms with Crippen LogP contribution in [0.2, 0.25) is 0 Å². The van der Waals surface area contributed by atoms with Gasteiger partial charge in [0.25, 0.3) is 11.5 Å². The molecule has 5 nitrogen and oxygen atoms in total. The molecule has 3 aromatic rings. The predicted molar refractivity (Wildman–Crippen MR) is 124 cm³/mol. The first-order valence-electron chi connectivity index (χ1n) is 11.3. The average molecular weight is 437 g/mol. The summed E-state index contributed by atoms with van der Waals surface area (Å²) in [4.78, 5) is 25.0. The van der Waals surface area contributed by atoms with Gasteiger partial charge in [0.2, 0.25) is 0 Å². The van der Waals surface area contributed by atoms with Crippen molar-refractivity contribution in [3.63, 3.8) is 0 Å². The Kier molecular flexibility index (Phi) is 6.88. The zero-order valence-corrected chi connectivity index (χ0v) is 18.4. The summed E-state index contributed by atoms with van der Waals surface area (Å²) in [5, 5.41) is 3.88. The van der Waals surface area contributed by atoms with Crippen molar-refractivity contribution in [1.82, 2.24) is 9.88 Å². The van der Waals surface area contributed by atoms with E-state index in [2.05, 4.69) is 5.32 Å². The fraction of sp³-hybridized carbons (Fsp3) is 0.385. The van der Waals surface area contributed by atoms with E-state index >= 15 is 0 Å². The lowest BCUT2D eigenvalue weighted by molar-refractivity contribution is -0.123. The quantitative estimate of drug-likeness (QED) is 0.590. The molecule has 168 valence electrons. The van der Waals surface area contributed by atoms with Crippen LogP contribution < -0.4 is 15.6 Å². The molecule has 0 atom stereocenters. The summed E-state index contributed by atoms with van der Waals surface area (Å²) in [5.41, 5.74) is 2.09.